The normalized spacial score (nSPS) is 10.9. The monoisotopic (exact) mass is 494 g/mol. The lowest BCUT2D eigenvalue weighted by atomic mass is 10.1. The number of carbonyl (C=O) groups excluding carboxylic acids is 1. The number of benzene rings is 2. The van der Waals surface area contributed by atoms with Gasteiger partial charge in [-0.1, -0.05) is 54.2 Å². The number of ether oxygens (including phenoxy) is 1. The summed E-state index contributed by atoms with van der Waals surface area (Å²) in [5.41, 5.74) is 4.29. The second-order valence-electron chi connectivity index (χ2n) is 7.75. The molecule has 1 amide bonds. The zero-order chi connectivity index (χ0) is 23.9. The first-order valence-electron chi connectivity index (χ1n) is 10.9. The van der Waals surface area contributed by atoms with Gasteiger partial charge in [-0.05, 0) is 43.9 Å². The zero-order valence-electron chi connectivity index (χ0n) is 19.3. The number of thiazole rings is 1. The van der Waals surface area contributed by atoms with Crippen molar-refractivity contribution in [2.45, 2.75) is 38.3 Å². The summed E-state index contributed by atoms with van der Waals surface area (Å²) in [7, 11) is 1.68. The largest absolute Gasteiger partial charge is 0.496 e. The van der Waals surface area contributed by atoms with Gasteiger partial charge in [0.15, 0.2) is 5.13 Å². The van der Waals surface area contributed by atoms with Crippen LogP contribution in [0.4, 0.5) is 5.13 Å². The van der Waals surface area contributed by atoms with Crippen LogP contribution in [0.1, 0.15) is 28.3 Å². The van der Waals surface area contributed by atoms with E-state index in [0.29, 0.717) is 22.7 Å². The van der Waals surface area contributed by atoms with Gasteiger partial charge in [-0.25, -0.2) is 4.98 Å². The minimum atomic E-state index is -0.159. The molecule has 2 aromatic carbocycles. The van der Waals surface area contributed by atoms with Gasteiger partial charge in [-0.2, -0.15) is 0 Å². The number of aryl methyl sites for hydroxylation is 4. The summed E-state index contributed by atoms with van der Waals surface area (Å²) < 4.78 is 11.0. The standard InChI is InChI=1S/C25H26N4O3S2/c1-16-14-18(12-13-20(16)31-3)8-7-11-22-28-29-25(32-22)33-15-21(30)26-24-27-23(17(2)34-24)19-9-5-4-6-10-19/h4-6,9-10,12-14H,7-8,11,15H2,1-3H3,(H,26,27,30). The number of anilines is 1. The van der Waals surface area contributed by atoms with E-state index in [4.69, 9.17) is 9.15 Å². The highest BCUT2D eigenvalue weighted by atomic mass is 32.2. The fraction of sp³-hybridized carbons (Fsp3) is 0.280. The number of amides is 1. The molecule has 1 N–H and O–H groups in total. The molecular formula is C25H26N4O3S2. The van der Waals surface area contributed by atoms with E-state index in [1.807, 2.05) is 50.2 Å². The van der Waals surface area contributed by atoms with Gasteiger partial charge in [-0.3, -0.25) is 4.79 Å². The number of carbonyl (C=O) groups is 1. The van der Waals surface area contributed by atoms with Gasteiger partial charge < -0.3 is 14.5 Å². The van der Waals surface area contributed by atoms with Crippen molar-refractivity contribution >= 4 is 34.1 Å². The van der Waals surface area contributed by atoms with Crippen molar-refractivity contribution in [3.8, 4) is 17.0 Å². The lowest BCUT2D eigenvalue weighted by Crippen LogP contribution is -2.13. The second-order valence-corrected chi connectivity index (χ2v) is 9.88. The lowest BCUT2D eigenvalue weighted by molar-refractivity contribution is -0.113. The Morgan fingerprint density at radius 2 is 1.94 bits per heavy atom. The molecule has 4 rings (SSSR count). The summed E-state index contributed by atoms with van der Waals surface area (Å²) in [6, 6.07) is 16.1. The van der Waals surface area contributed by atoms with E-state index >= 15 is 0 Å². The van der Waals surface area contributed by atoms with Crippen molar-refractivity contribution < 1.29 is 13.9 Å². The minimum Gasteiger partial charge on any atom is -0.496 e. The van der Waals surface area contributed by atoms with Crippen LogP contribution in [0.15, 0.2) is 58.2 Å². The van der Waals surface area contributed by atoms with Crippen molar-refractivity contribution in [3.63, 3.8) is 0 Å². The Kier molecular flexibility index (Phi) is 7.97. The molecule has 0 bridgehead atoms. The fourth-order valence-electron chi connectivity index (χ4n) is 3.53. The van der Waals surface area contributed by atoms with Crippen molar-refractivity contribution in [1.29, 1.82) is 0 Å². The average molecular weight is 495 g/mol. The Labute approximate surface area is 207 Å². The van der Waals surface area contributed by atoms with Crippen LogP contribution >= 0.6 is 23.1 Å². The van der Waals surface area contributed by atoms with E-state index in [-0.39, 0.29) is 11.7 Å². The first-order valence-corrected chi connectivity index (χ1v) is 12.7. The zero-order valence-corrected chi connectivity index (χ0v) is 21.0. The molecule has 0 aliphatic carbocycles. The number of nitrogens with zero attached hydrogens (tertiary/aromatic N) is 3. The number of methoxy groups -OCH3 is 1. The SMILES string of the molecule is COc1ccc(CCCc2nnc(SCC(=O)Nc3nc(-c4ccccc4)c(C)s3)o2)cc1C. The summed E-state index contributed by atoms with van der Waals surface area (Å²) >= 11 is 2.69. The number of rotatable bonds is 10. The molecule has 9 heteroatoms. The number of aromatic nitrogens is 3. The number of hydrogen-bond donors (Lipinski definition) is 1. The topological polar surface area (TPSA) is 90.1 Å². The van der Waals surface area contributed by atoms with E-state index in [0.717, 1.165) is 40.3 Å². The van der Waals surface area contributed by atoms with E-state index in [1.54, 1.807) is 7.11 Å². The number of nitrogens with one attached hydrogen (secondary N) is 1. The first kappa shape index (κ1) is 24.0. The number of thioether (sulfide) groups is 1. The van der Waals surface area contributed by atoms with E-state index in [1.165, 1.54) is 28.7 Å². The molecule has 0 saturated heterocycles. The maximum Gasteiger partial charge on any atom is 0.277 e. The highest BCUT2D eigenvalue weighted by Gasteiger charge is 2.14. The van der Waals surface area contributed by atoms with Crippen molar-refractivity contribution in [1.82, 2.24) is 15.2 Å². The van der Waals surface area contributed by atoms with Crippen LogP contribution < -0.4 is 10.1 Å². The molecule has 2 aromatic heterocycles. The van der Waals surface area contributed by atoms with E-state index < -0.39 is 0 Å². The van der Waals surface area contributed by atoms with Crippen molar-refractivity contribution in [2.24, 2.45) is 0 Å². The molecule has 2 heterocycles. The van der Waals surface area contributed by atoms with E-state index in [9.17, 15) is 4.79 Å². The van der Waals surface area contributed by atoms with Crippen molar-refractivity contribution in [2.75, 3.05) is 18.2 Å². The summed E-state index contributed by atoms with van der Waals surface area (Å²) in [4.78, 5) is 18.0. The molecule has 0 spiro atoms. The highest BCUT2D eigenvalue weighted by molar-refractivity contribution is 7.99. The van der Waals surface area contributed by atoms with Crippen LogP contribution in [-0.4, -0.2) is 34.0 Å². The summed E-state index contributed by atoms with van der Waals surface area (Å²) in [5.74, 6) is 1.49. The summed E-state index contributed by atoms with van der Waals surface area (Å²) in [5, 5.41) is 12.0. The Hall–Kier alpha value is -3.17. The predicted molar refractivity (Wildman–Crippen MR) is 136 cm³/mol. The highest BCUT2D eigenvalue weighted by Crippen LogP contribution is 2.30. The van der Waals surface area contributed by atoms with Gasteiger partial charge in [0.05, 0.1) is 18.6 Å². The van der Waals surface area contributed by atoms with Crippen LogP contribution in [0, 0.1) is 13.8 Å². The molecule has 0 aliphatic heterocycles. The molecule has 4 aromatic rings. The van der Waals surface area contributed by atoms with Crippen LogP contribution in [-0.2, 0) is 17.6 Å². The lowest BCUT2D eigenvalue weighted by Gasteiger charge is -2.06. The first-order chi connectivity index (χ1) is 16.5. The molecule has 0 fully saturated rings. The van der Waals surface area contributed by atoms with Crippen LogP contribution in [0.25, 0.3) is 11.3 Å². The maximum atomic E-state index is 12.4. The van der Waals surface area contributed by atoms with Gasteiger partial charge in [0.1, 0.15) is 5.75 Å². The third kappa shape index (κ3) is 6.24. The molecule has 34 heavy (non-hydrogen) atoms. The van der Waals surface area contributed by atoms with Gasteiger partial charge in [0.2, 0.25) is 11.8 Å². The van der Waals surface area contributed by atoms with Crippen LogP contribution in [0.5, 0.6) is 5.75 Å². The molecule has 0 atom stereocenters. The van der Waals surface area contributed by atoms with Crippen LogP contribution in [0.2, 0.25) is 0 Å². The van der Waals surface area contributed by atoms with Gasteiger partial charge >= 0.3 is 0 Å². The fourth-order valence-corrected chi connectivity index (χ4v) is 4.97. The molecule has 0 saturated carbocycles. The molecule has 176 valence electrons. The third-order valence-electron chi connectivity index (χ3n) is 5.18. The van der Waals surface area contributed by atoms with Gasteiger partial charge in [-0.15, -0.1) is 21.5 Å². The van der Waals surface area contributed by atoms with Gasteiger partial charge in [0, 0.05) is 16.9 Å². The average Bonchev–Trinajstić information content (AvgIpc) is 3.44. The molecule has 0 radical (unpaired) electrons. The Morgan fingerprint density at radius 3 is 2.71 bits per heavy atom. The Bertz CT molecular complexity index is 1250. The molecule has 7 nitrogen and oxygen atoms in total. The molecular weight excluding hydrogens is 468 g/mol. The molecule has 0 aliphatic rings. The predicted octanol–water partition coefficient (Wildman–Crippen LogP) is 5.72. The van der Waals surface area contributed by atoms with Gasteiger partial charge in [0.25, 0.3) is 5.22 Å². The minimum absolute atomic E-state index is 0.159. The smallest absolute Gasteiger partial charge is 0.277 e. The van der Waals surface area contributed by atoms with Crippen molar-refractivity contribution in [3.05, 3.63) is 70.4 Å². The maximum absolute atomic E-state index is 12.4. The summed E-state index contributed by atoms with van der Waals surface area (Å²) in [6.45, 7) is 4.04. The number of hydrogen-bond acceptors (Lipinski definition) is 8. The van der Waals surface area contributed by atoms with Crippen LogP contribution in [0.3, 0.4) is 0 Å². The summed E-state index contributed by atoms with van der Waals surface area (Å²) in [6.07, 6.45) is 2.49. The quantitative estimate of drug-likeness (QED) is 0.282. The molecule has 0 unspecified atom stereocenters. The Balaban J connectivity index is 1.23. The third-order valence-corrected chi connectivity index (χ3v) is 6.89. The second kappa shape index (κ2) is 11.3. The Morgan fingerprint density at radius 1 is 1.12 bits per heavy atom. The van der Waals surface area contributed by atoms with E-state index in [2.05, 4.69) is 32.6 Å².